The average Bonchev–Trinajstić information content (AvgIpc) is 2.76. The van der Waals surface area contributed by atoms with Crippen LogP contribution in [0, 0.1) is 6.92 Å². The zero-order chi connectivity index (χ0) is 15.9. The van der Waals surface area contributed by atoms with Crippen LogP contribution in [-0.2, 0) is 6.54 Å². The molecular weight excluding hydrogens is 343 g/mol. The number of pyridine rings is 1. The van der Waals surface area contributed by atoms with Crippen LogP contribution in [0.15, 0.2) is 30.5 Å². The first-order valence-corrected chi connectivity index (χ1v) is 7.76. The van der Waals surface area contributed by atoms with E-state index in [-0.39, 0.29) is 0 Å². The topological polar surface area (TPSA) is 27.1 Å². The Balaban J connectivity index is 2.10. The number of nitrogens with zero attached hydrogens (tertiary/aromatic N) is 2. The van der Waals surface area contributed by atoms with Gasteiger partial charge in [0.05, 0.1) is 39.9 Å². The number of rotatable bonds is 3. The molecule has 0 amide bonds. The maximum absolute atomic E-state index is 6.24. The van der Waals surface area contributed by atoms with Crippen molar-refractivity contribution in [2.24, 2.45) is 0 Å². The molecule has 0 radical (unpaired) electrons. The standard InChI is InChI=1S/C16H13Cl3N2O/c1-9-3-10-4-16(22-2)13(19)6-15(10)21(9)8-14-12(18)5-11(17)7-20-14/h3-7H,8H2,1-2H3. The largest absolute Gasteiger partial charge is 0.495 e. The molecule has 0 saturated carbocycles. The molecule has 22 heavy (non-hydrogen) atoms. The summed E-state index contributed by atoms with van der Waals surface area (Å²) in [6.45, 7) is 2.58. The van der Waals surface area contributed by atoms with Gasteiger partial charge in [-0.2, -0.15) is 0 Å². The minimum absolute atomic E-state index is 0.524. The van der Waals surface area contributed by atoms with Gasteiger partial charge in [0, 0.05) is 17.3 Å². The highest BCUT2D eigenvalue weighted by molar-refractivity contribution is 6.34. The van der Waals surface area contributed by atoms with Gasteiger partial charge >= 0.3 is 0 Å². The Labute approximate surface area is 143 Å². The molecule has 3 aromatic rings. The third kappa shape index (κ3) is 2.76. The van der Waals surface area contributed by atoms with Crippen molar-refractivity contribution < 1.29 is 4.74 Å². The van der Waals surface area contributed by atoms with E-state index in [0.717, 1.165) is 22.3 Å². The molecule has 114 valence electrons. The fraction of sp³-hybridized carbons (Fsp3) is 0.188. The van der Waals surface area contributed by atoms with E-state index in [1.807, 2.05) is 19.1 Å². The number of halogens is 3. The van der Waals surface area contributed by atoms with Gasteiger partial charge in [-0.25, -0.2) is 0 Å². The Morgan fingerprint density at radius 2 is 1.86 bits per heavy atom. The zero-order valence-corrected chi connectivity index (χ0v) is 14.3. The molecule has 0 fully saturated rings. The van der Waals surface area contributed by atoms with Gasteiger partial charge in [-0.15, -0.1) is 0 Å². The third-order valence-corrected chi connectivity index (χ3v) is 4.40. The first kappa shape index (κ1) is 15.5. The summed E-state index contributed by atoms with van der Waals surface area (Å²) in [6, 6.07) is 7.60. The van der Waals surface area contributed by atoms with Crippen molar-refractivity contribution in [3.8, 4) is 5.75 Å². The Hall–Kier alpha value is -1.42. The molecule has 0 N–H and O–H groups in total. The molecule has 3 rings (SSSR count). The molecule has 2 aromatic heterocycles. The molecule has 6 heteroatoms. The summed E-state index contributed by atoms with van der Waals surface area (Å²) in [7, 11) is 1.61. The predicted molar refractivity (Wildman–Crippen MR) is 91.6 cm³/mol. The second-order valence-corrected chi connectivity index (χ2v) is 6.25. The number of ether oxygens (including phenoxy) is 1. The second kappa shape index (κ2) is 5.99. The number of benzene rings is 1. The third-order valence-electron chi connectivity index (χ3n) is 3.57. The maximum atomic E-state index is 6.24. The van der Waals surface area contributed by atoms with Gasteiger partial charge in [-0.1, -0.05) is 34.8 Å². The van der Waals surface area contributed by atoms with E-state index in [1.54, 1.807) is 19.4 Å². The molecule has 0 spiro atoms. The van der Waals surface area contributed by atoms with Gasteiger partial charge in [-0.3, -0.25) is 4.98 Å². The average molecular weight is 356 g/mol. The lowest BCUT2D eigenvalue weighted by Crippen LogP contribution is -2.04. The highest BCUT2D eigenvalue weighted by atomic mass is 35.5. The highest BCUT2D eigenvalue weighted by Crippen LogP contribution is 2.32. The van der Waals surface area contributed by atoms with E-state index in [1.165, 1.54) is 0 Å². The summed E-state index contributed by atoms with van der Waals surface area (Å²) < 4.78 is 7.38. The number of fused-ring (bicyclic) bond motifs is 1. The SMILES string of the molecule is COc1cc2cc(C)n(Cc3ncc(Cl)cc3Cl)c2cc1Cl. The van der Waals surface area contributed by atoms with E-state index in [9.17, 15) is 0 Å². The van der Waals surface area contributed by atoms with Crippen LogP contribution in [0.4, 0.5) is 0 Å². The summed E-state index contributed by atoms with van der Waals surface area (Å²) in [6.07, 6.45) is 1.60. The van der Waals surface area contributed by atoms with Gasteiger partial charge < -0.3 is 9.30 Å². The highest BCUT2D eigenvalue weighted by Gasteiger charge is 2.12. The molecule has 0 unspecified atom stereocenters. The lowest BCUT2D eigenvalue weighted by Gasteiger charge is -2.10. The Morgan fingerprint density at radius 1 is 1.09 bits per heavy atom. The van der Waals surface area contributed by atoms with Crippen molar-refractivity contribution in [1.82, 2.24) is 9.55 Å². The van der Waals surface area contributed by atoms with Crippen molar-refractivity contribution in [3.63, 3.8) is 0 Å². The minimum atomic E-state index is 0.524. The summed E-state index contributed by atoms with van der Waals surface area (Å²) in [5, 5.41) is 2.71. The van der Waals surface area contributed by atoms with Crippen molar-refractivity contribution >= 4 is 45.7 Å². The number of hydrogen-bond acceptors (Lipinski definition) is 2. The van der Waals surface area contributed by atoms with Crippen LogP contribution >= 0.6 is 34.8 Å². The van der Waals surface area contributed by atoms with Gasteiger partial charge in [-0.05, 0) is 31.2 Å². The van der Waals surface area contributed by atoms with Crippen LogP contribution < -0.4 is 4.74 Å². The predicted octanol–water partition coefficient (Wildman–Crippen LogP) is 5.36. The summed E-state index contributed by atoms with van der Waals surface area (Å²) in [5.74, 6) is 0.661. The van der Waals surface area contributed by atoms with E-state index in [0.29, 0.717) is 27.4 Å². The van der Waals surface area contributed by atoms with Crippen molar-refractivity contribution in [2.75, 3.05) is 7.11 Å². The fourth-order valence-electron chi connectivity index (χ4n) is 2.48. The molecule has 0 atom stereocenters. The number of aryl methyl sites for hydroxylation is 1. The van der Waals surface area contributed by atoms with Crippen LogP contribution in [0.25, 0.3) is 10.9 Å². The fourth-order valence-corrected chi connectivity index (χ4v) is 3.15. The normalized spacial score (nSPS) is 11.1. The molecular formula is C16H13Cl3N2O. The van der Waals surface area contributed by atoms with E-state index in [2.05, 4.69) is 15.6 Å². The molecule has 0 aliphatic carbocycles. The Kier molecular flexibility index (Phi) is 4.22. The van der Waals surface area contributed by atoms with Crippen molar-refractivity contribution in [1.29, 1.82) is 0 Å². The van der Waals surface area contributed by atoms with Crippen LogP contribution in [0.1, 0.15) is 11.4 Å². The van der Waals surface area contributed by atoms with E-state index in [4.69, 9.17) is 39.5 Å². The monoisotopic (exact) mass is 354 g/mol. The molecule has 0 bridgehead atoms. The number of aromatic nitrogens is 2. The summed E-state index contributed by atoms with van der Waals surface area (Å²) in [5.41, 5.74) is 2.86. The van der Waals surface area contributed by atoms with E-state index < -0.39 is 0 Å². The number of methoxy groups -OCH3 is 1. The summed E-state index contributed by atoms with van der Waals surface area (Å²) in [4.78, 5) is 4.31. The van der Waals surface area contributed by atoms with Gasteiger partial charge in [0.15, 0.2) is 0 Å². The molecule has 0 aliphatic rings. The van der Waals surface area contributed by atoms with Gasteiger partial charge in [0.25, 0.3) is 0 Å². The molecule has 0 saturated heterocycles. The first-order valence-electron chi connectivity index (χ1n) is 6.63. The van der Waals surface area contributed by atoms with Gasteiger partial charge in [0.1, 0.15) is 5.75 Å². The quantitative estimate of drug-likeness (QED) is 0.632. The molecule has 3 nitrogen and oxygen atoms in total. The molecule has 2 heterocycles. The zero-order valence-electron chi connectivity index (χ0n) is 12.0. The van der Waals surface area contributed by atoms with Crippen LogP contribution in [0.3, 0.4) is 0 Å². The summed E-state index contributed by atoms with van der Waals surface area (Å²) >= 11 is 18.4. The maximum Gasteiger partial charge on any atom is 0.138 e. The molecule has 1 aromatic carbocycles. The van der Waals surface area contributed by atoms with Gasteiger partial charge in [0.2, 0.25) is 0 Å². The lowest BCUT2D eigenvalue weighted by molar-refractivity contribution is 0.415. The minimum Gasteiger partial charge on any atom is -0.495 e. The smallest absolute Gasteiger partial charge is 0.138 e. The van der Waals surface area contributed by atoms with Crippen LogP contribution in [0.5, 0.6) is 5.75 Å². The Bertz CT molecular complexity index is 858. The lowest BCUT2D eigenvalue weighted by atomic mass is 10.2. The van der Waals surface area contributed by atoms with Crippen LogP contribution in [0.2, 0.25) is 15.1 Å². The number of hydrogen-bond donors (Lipinski definition) is 0. The Morgan fingerprint density at radius 3 is 2.55 bits per heavy atom. The van der Waals surface area contributed by atoms with Crippen LogP contribution in [-0.4, -0.2) is 16.7 Å². The first-order chi connectivity index (χ1) is 10.5. The van der Waals surface area contributed by atoms with E-state index >= 15 is 0 Å². The second-order valence-electron chi connectivity index (χ2n) is 5.00. The van der Waals surface area contributed by atoms with Crippen molar-refractivity contribution in [3.05, 3.63) is 56.9 Å². The molecule has 0 aliphatic heterocycles. The van der Waals surface area contributed by atoms with Crippen molar-refractivity contribution in [2.45, 2.75) is 13.5 Å².